The predicted molar refractivity (Wildman–Crippen MR) is 41.8 cm³/mol. The number of benzene rings is 1. The molecular formula is C8H10Si. The van der Waals surface area contributed by atoms with Gasteiger partial charge in [0.15, 0.2) is 0 Å². The Morgan fingerprint density at radius 1 is 1.22 bits per heavy atom. The van der Waals surface area contributed by atoms with Crippen LogP contribution in [0.25, 0.3) is 0 Å². The lowest BCUT2D eigenvalue weighted by Gasteiger charge is -1.93. The van der Waals surface area contributed by atoms with Crippen molar-refractivity contribution in [3.63, 3.8) is 0 Å². The number of hydrogen-bond acceptors (Lipinski definition) is 0. The Hall–Kier alpha value is -0.563. The molecule has 1 aromatic rings. The third-order valence-corrected chi connectivity index (χ3v) is 1.99. The summed E-state index contributed by atoms with van der Waals surface area (Å²) in [6.07, 6.45) is 0. The van der Waals surface area contributed by atoms with Crippen LogP contribution in [-0.2, 0) is 6.04 Å². The first-order chi connectivity index (χ1) is 4.43. The van der Waals surface area contributed by atoms with E-state index in [0.717, 1.165) is 9.52 Å². The van der Waals surface area contributed by atoms with E-state index in [1.165, 1.54) is 11.6 Å². The zero-order valence-electron chi connectivity index (χ0n) is 5.59. The first-order valence-corrected chi connectivity index (χ1v) is 4.82. The third kappa shape index (κ3) is 2.02. The molecular weight excluding hydrogens is 124 g/mol. The molecule has 0 saturated heterocycles. The minimum atomic E-state index is 1.04. The first kappa shape index (κ1) is 6.56. The molecule has 1 heteroatoms. The fraction of sp³-hybridized carbons (Fsp3) is 0.250. The van der Waals surface area contributed by atoms with Crippen LogP contribution in [0.2, 0.25) is 6.55 Å². The van der Waals surface area contributed by atoms with Crippen LogP contribution in [0, 0.1) is 0 Å². The topological polar surface area (TPSA) is 0 Å². The molecule has 46 valence electrons. The second-order valence-electron chi connectivity index (χ2n) is 2.02. The lowest BCUT2D eigenvalue weighted by Crippen LogP contribution is -1.88. The molecule has 0 aliphatic rings. The van der Waals surface area contributed by atoms with E-state index in [4.69, 9.17) is 0 Å². The maximum absolute atomic E-state index is 2.23. The fourth-order valence-electron chi connectivity index (χ4n) is 0.800. The van der Waals surface area contributed by atoms with Gasteiger partial charge in [0.1, 0.15) is 0 Å². The Balaban J connectivity index is 2.61. The van der Waals surface area contributed by atoms with Gasteiger partial charge in [-0.05, 0) is 6.04 Å². The van der Waals surface area contributed by atoms with Crippen LogP contribution in [0.15, 0.2) is 30.3 Å². The van der Waals surface area contributed by atoms with Gasteiger partial charge in [-0.15, -0.1) is 0 Å². The van der Waals surface area contributed by atoms with Gasteiger partial charge >= 0.3 is 0 Å². The summed E-state index contributed by atoms with van der Waals surface area (Å²) >= 11 is 0. The highest BCUT2D eigenvalue weighted by atomic mass is 28.2. The fourth-order valence-corrected chi connectivity index (χ4v) is 1.44. The molecule has 1 aromatic carbocycles. The minimum Gasteiger partial charge on any atom is -0.0730 e. The smallest absolute Gasteiger partial charge is 0.0394 e. The van der Waals surface area contributed by atoms with Crippen molar-refractivity contribution in [2.24, 2.45) is 0 Å². The molecule has 0 unspecified atom stereocenters. The average Bonchev–Trinajstić information content (AvgIpc) is 1.91. The van der Waals surface area contributed by atoms with Crippen molar-refractivity contribution in [1.29, 1.82) is 0 Å². The number of hydrogen-bond donors (Lipinski definition) is 0. The SMILES string of the molecule is C[Si]Cc1ccccc1. The molecule has 0 atom stereocenters. The highest BCUT2D eigenvalue weighted by Gasteiger charge is 1.85. The van der Waals surface area contributed by atoms with Gasteiger partial charge in [-0.2, -0.15) is 0 Å². The largest absolute Gasteiger partial charge is 0.0730 e. The van der Waals surface area contributed by atoms with E-state index in [0.29, 0.717) is 0 Å². The Labute approximate surface area is 58.7 Å². The van der Waals surface area contributed by atoms with E-state index >= 15 is 0 Å². The van der Waals surface area contributed by atoms with Crippen LogP contribution in [0.1, 0.15) is 5.56 Å². The molecule has 0 saturated carbocycles. The van der Waals surface area contributed by atoms with Crippen molar-refractivity contribution in [3.05, 3.63) is 35.9 Å². The Kier molecular flexibility index (Phi) is 2.52. The van der Waals surface area contributed by atoms with Gasteiger partial charge in [0.2, 0.25) is 0 Å². The molecule has 0 fully saturated rings. The van der Waals surface area contributed by atoms with Gasteiger partial charge in [0, 0.05) is 9.52 Å². The lowest BCUT2D eigenvalue weighted by molar-refractivity contribution is 1.38. The summed E-state index contributed by atoms with van der Waals surface area (Å²) in [6.45, 7) is 2.23. The molecule has 0 aliphatic heterocycles. The van der Waals surface area contributed by atoms with Crippen molar-refractivity contribution in [2.45, 2.75) is 12.6 Å². The molecule has 0 nitrogen and oxygen atoms in total. The normalized spacial score (nSPS) is 9.44. The second kappa shape index (κ2) is 3.46. The van der Waals surface area contributed by atoms with Crippen molar-refractivity contribution in [2.75, 3.05) is 0 Å². The molecule has 1 rings (SSSR count). The highest BCUT2D eigenvalue weighted by molar-refractivity contribution is 6.32. The zero-order chi connectivity index (χ0) is 6.53. The summed E-state index contributed by atoms with van der Waals surface area (Å²) < 4.78 is 0. The molecule has 0 bridgehead atoms. The predicted octanol–water partition coefficient (Wildman–Crippen LogP) is 1.94. The monoisotopic (exact) mass is 134 g/mol. The van der Waals surface area contributed by atoms with Crippen molar-refractivity contribution < 1.29 is 0 Å². The van der Waals surface area contributed by atoms with Gasteiger partial charge in [0.05, 0.1) is 0 Å². The molecule has 0 aromatic heterocycles. The molecule has 9 heavy (non-hydrogen) atoms. The van der Waals surface area contributed by atoms with Crippen LogP contribution >= 0.6 is 0 Å². The van der Waals surface area contributed by atoms with Crippen LogP contribution < -0.4 is 0 Å². The Morgan fingerprint density at radius 2 is 1.89 bits per heavy atom. The summed E-state index contributed by atoms with van der Waals surface area (Å²) in [7, 11) is 1.04. The summed E-state index contributed by atoms with van der Waals surface area (Å²) in [4.78, 5) is 0. The zero-order valence-corrected chi connectivity index (χ0v) is 6.59. The van der Waals surface area contributed by atoms with Crippen LogP contribution in [0.5, 0.6) is 0 Å². The standard InChI is InChI=1S/C8H10Si/c1-9-7-8-5-3-2-4-6-8/h2-6H,7H2,1H3. The molecule has 0 amide bonds. The average molecular weight is 134 g/mol. The second-order valence-corrected chi connectivity index (χ2v) is 3.08. The third-order valence-electron chi connectivity index (χ3n) is 1.22. The van der Waals surface area contributed by atoms with E-state index in [2.05, 4.69) is 36.9 Å². The maximum atomic E-state index is 2.23. The summed E-state index contributed by atoms with van der Waals surface area (Å²) in [5, 5.41) is 0. The van der Waals surface area contributed by atoms with E-state index in [9.17, 15) is 0 Å². The van der Waals surface area contributed by atoms with Crippen molar-refractivity contribution in [3.8, 4) is 0 Å². The molecule has 2 radical (unpaired) electrons. The Morgan fingerprint density at radius 3 is 2.44 bits per heavy atom. The maximum Gasteiger partial charge on any atom is 0.0394 e. The van der Waals surface area contributed by atoms with Crippen LogP contribution in [-0.4, -0.2) is 9.52 Å². The summed E-state index contributed by atoms with van der Waals surface area (Å²) in [5.41, 5.74) is 1.46. The van der Waals surface area contributed by atoms with E-state index < -0.39 is 0 Å². The lowest BCUT2D eigenvalue weighted by atomic mass is 10.2. The van der Waals surface area contributed by atoms with Gasteiger partial charge in [-0.1, -0.05) is 42.4 Å². The van der Waals surface area contributed by atoms with Gasteiger partial charge in [0.25, 0.3) is 0 Å². The summed E-state index contributed by atoms with van der Waals surface area (Å²) in [5.74, 6) is 0. The first-order valence-electron chi connectivity index (χ1n) is 3.12. The van der Waals surface area contributed by atoms with E-state index in [-0.39, 0.29) is 0 Å². The van der Waals surface area contributed by atoms with Gasteiger partial charge in [-0.25, -0.2) is 0 Å². The van der Waals surface area contributed by atoms with E-state index in [1.54, 1.807) is 0 Å². The molecule has 0 N–H and O–H groups in total. The quantitative estimate of drug-likeness (QED) is 0.542. The van der Waals surface area contributed by atoms with Gasteiger partial charge < -0.3 is 0 Å². The van der Waals surface area contributed by atoms with Gasteiger partial charge in [-0.3, -0.25) is 0 Å². The molecule has 0 aliphatic carbocycles. The van der Waals surface area contributed by atoms with Crippen molar-refractivity contribution in [1.82, 2.24) is 0 Å². The Bertz CT molecular complexity index is 157. The molecule has 0 heterocycles. The highest BCUT2D eigenvalue weighted by Crippen LogP contribution is 1.97. The number of rotatable bonds is 2. The van der Waals surface area contributed by atoms with Crippen LogP contribution in [0.3, 0.4) is 0 Å². The summed E-state index contributed by atoms with van der Waals surface area (Å²) in [6, 6.07) is 11.8. The van der Waals surface area contributed by atoms with E-state index in [1.807, 2.05) is 0 Å². The minimum absolute atomic E-state index is 1.04. The molecule has 0 spiro atoms. The van der Waals surface area contributed by atoms with Crippen molar-refractivity contribution >= 4 is 9.52 Å². The van der Waals surface area contributed by atoms with Crippen LogP contribution in [0.4, 0.5) is 0 Å².